The fourth-order valence-electron chi connectivity index (χ4n) is 1.60. The first kappa shape index (κ1) is 13.6. The van der Waals surface area contributed by atoms with Crippen LogP contribution in [0.2, 0.25) is 0 Å². The van der Waals surface area contributed by atoms with E-state index in [1.54, 1.807) is 19.1 Å². The quantitative estimate of drug-likeness (QED) is 0.689. The predicted molar refractivity (Wildman–Crippen MR) is 70.0 cm³/mol. The molecule has 0 saturated carbocycles. The molecular weight excluding hydrogens is 265 g/mol. The Balaban J connectivity index is 2.20. The van der Waals surface area contributed by atoms with Crippen molar-refractivity contribution in [1.29, 1.82) is 0 Å². The lowest BCUT2D eigenvalue weighted by Gasteiger charge is -2.05. The summed E-state index contributed by atoms with van der Waals surface area (Å²) in [5, 5.41) is 12.9. The smallest absolute Gasteiger partial charge is 0.304 e. The summed E-state index contributed by atoms with van der Waals surface area (Å²) >= 11 is 0. The van der Waals surface area contributed by atoms with Gasteiger partial charge in [0.1, 0.15) is 5.69 Å². The minimum atomic E-state index is -1.01. The molecular formula is C13H10FN3O3. The van der Waals surface area contributed by atoms with Crippen molar-refractivity contribution in [3.63, 3.8) is 0 Å². The second-order valence-corrected chi connectivity index (χ2v) is 4.04. The standard InChI is InChI=1S/C13H10FN3O3/c1-8-3-2-4-11(15-8)13(18)16-9-5-6-12(17(19)20)10(14)7-9/h2-7H,1H3,(H,16,18). The van der Waals surface area contributed by atoms with Gasteiger partial charge in [0.25, 0.3) is 5.91 Å². The Morgan fingerprint density at radius 1 is 1.35 bits per heavy atom. The maximum Gasteiger partial charge on any atom is 0.304 e. The Kier molecular flexibility index (Phi) is 3.69. The van der Waals surface area contributed by atoms with Crippen LogP contribution in [0.3, 0.4) is 0 Å². The van der Waals surface area contributed by atoms with E-state index in [0.29, 0.717) is 5.69 Å². The van der Waals surface area contributed by atoms with E-state index in [9.17, 15) is 19.3 Å². The molecule has 20 heavy (non-hydrogen) atoms. The highest BCUT2D eigenvalue weighted by atomic mass is 19.1. The molecule has 0 unspecified atom stereocenters. The van der Waals surface area contributed by atoms with Gasteiger partial charge in [0, 0.05) is 23.5 Å². The zero-order chi connectivity index (χ0) is 14.7. The van der Waals surface area contributed by atoms with Crippen LogP contribution < -0.4 is 5.32 Å². The molecule has 0 spiro atoms. The lowest BCUT2D eigenvalue weighted by atomic mass is 10.2. The lowest BCUT2D eigenvalue weighted by Crippen LogP contribution is -2.14. The number of rotatable bonds is 3. The SMILES string of the molecule is Cc1cccc(C(=O)Nc2ccc([N+](=O)[O-])c(F)c2)n1. The molecule has 0 fully saturated rings. The van der Waals surface area contributed by atoms with Crippen LogP contribution in [0.5, 0.6) is 0 Å². The van der Waals surface area contributed by atoms with E-state index in [0.717, 1.165) is 12.1 Å². The average Bonchev–Trinajstić information content (AvgIpc) is 2.38. The number of carbonyl (C=O) groups is 1. The molecule has 7 heteroatoms. The summed E-state index contributed by atoms with van der Waals surface area (Å²) in [7, 11) is 0. The third-order valence-corrected chi connectivity index (χ3v) is 2.52. The van der Waals surface area contributed by atoms with E-state index in [1.807, 2.05) is 0 Å². The van der Waals surface area contributed by atoms with Crippen LogP contribution in [0.1, 0.15) is 16.2 Å². The third kappa shape index (κ3) is 2.94. The summed E-state index contributed by atoms with van der Waals surface area (Å²) < 4.78 is 13.4. The van der Waals surface area contributed by atoms with Crippen molar-refractivity contribution in [1.82, 2.24) is 4.98 Å². The van der Waals surface area contributed by atoms with E-state index in [-0.39, 0.29) is 11.4 Å². The van der Waals surface area contributed by atoms with Gasteiger partial charge in [-0.25, -0.2) is 4.98 Å². The maximum absolute atomic E-state index is 13.4. The van der Waals surface area contributed by atoms with Gasteiger partial charge < -0.3 is 5.32 Å². The number of nitrogens with zero attached hydrogens (tertiary/aromatic N) is 2. The Hall–Kier alpha value is -2.83. The number of benzene rings is 1. The Morgan fingerprint density at radius 2 is 2.10 bits per heavy atom. The van der Waals surface area contributed by atoms with Gasteiger partial charge in [0.15, 0.2) is 0 Å². The summed E-state index contributed by atoms with van der Waals surface area (Å²) in [6, 6.07) is 8.08. The van der Waals surface area contributed by atoms with Gasteiger partial charge in [0.2, 0.25) is 5.82 Å². The van der Waals surface area contributed by atoms with Gasteiger partial charge in [-0.05, 0) is 25.1 Å². The molecule has 0 aliphatic heterocycles. The number of amides is 1. The molecule has 1 N–H and O–H groups in total. The predicted octanol–water partition coefficient (Wildman–Crippen LogP) is 2.69. The summed E-state index contributed by atoms with van der Waals surface area (Å²) in [5.74, 6) is -1.52. The molecule has 6 nitrogen and oxygen atoms in total. The van der Waals surface area contributed by atoms with E-state index < -0.39 is 22.3 Å². The molecule has 1 aromatic carbocycles. The van der Waals surface area contributed by atoms with E-state index >= 15 is 0 Å². The largest absolute Gasteiger partial charge is 0.321 e. The first-order valence-electron chi connectivity index (χ1n) is 5.66. The summed E-state index contributed by atoms with van der Waals surface area (Å²) in [6.45, 7) is 1.74. The van der Waals surface area contributed by atoms with Gasteiger partial charge in [-0.2, -0.15) is 4.39 Å². The topological polar surface area (TPSA) is 85.1 Å². The van der Waals surface area contributed by atoms with Crippen molar-refractivity contribution in [3.8, 4) is 0 Å². The van der Waals surface area contributed by atoms with Crippen LogP contribution in [-0.2, 0) is 0 Å². The normalized spacial score (nSPS) is 10.1. The van der Waals surface area contributed by atoms with Gasteiger partial charge in [-0.3, -0.25) is 14.9 Å². The molecule has 102 valence electrons. The minimum Gasteiger partial charge on any atom is -0.321 e. The Labute approximate surface area is 113 Å². The molecule has 2 aromatic rings. The number of halogens is 1. The van der Waals surface area contributed by atoms with Crippen LogP contribution in [-0.4, -0.2) is 15.8 Å². The molecule has 1 heterocycles. The maximum atomic E-state index is 13.4. The molecule has 0 aliphatic rings. The van der Waals surface area contributed by atoms with Gasteiger partial charge in [-0.1, -0.05) is 6.07 Å². The van der Waals surface area contributed by atoms with Gasteiger partial charge >= 0.3 is 5.69 Å². The summed E-state index contributed by atoms with van der Waals surface area (Å²) in [6.07, 6.45) is 0. The zero-order valence-electron chi connectivity index (χ0n) is 10.5. The second-order valence-electron chi connectivity index (χ2n) is 4.04. The Bertz CT molecular complexity index is 688. The monoisotopic (exact) mass is 275 g/mol. The van der Waals surface area contributed by atoms with Crippen LogP contribution in [0.4, 0.5) is 15.8 Å². The van der Waals surface area contributed by atoms with Crippen molar-refractivity contribution < 1.29 is 14.1 Å². The average molecular weight is 275 g/mol. The first-order valence-corrected chi connectivity index (χ1v) is 5.66. The molecule has 0 atom stereocenters. The van der Waals surface area contributed by atoms with Crippen LogP contribution in [0.25, 0.3) is 0 Å². The number of anilines is 1. The number of nitro benzene ring substituents is 1. The fraction of sp³-hybridized carbons (Fsp3) is 0.0769. The molecule has 1 amide bonds. The molecule has 0 aliphatic carbocycles. The number of aryl methyl sites for hydroxylation is 1. The number of aromatic nitrogens is 1. The highest BCUT2D eigenvalue weighted by molar-refractivity contribution is 6.02. The van der Waals surface area contributed by atoms with Crippen molar-refractivity contribution in [3.05, 3.63) is 63.7 Å². The van der Waals surface area contributed by atoms with E-state index in [4.69, 9.17) is 0 Å². The minimum absolute atomic E-state index is 0.126. The molecule has 0 saturated heterocycles. The van der Waals surface area contributed by atoms with Crippen molar-refractivity contribution in [2.24, 2.45) is 0 Å². The number of nitro groups is 1. The van der Waals surface area contributed by atoms with Gasteiger partial charge in [0.05, 0.1) is 4.92 Å². The number of nitrogens with one attached hydrogen (secondary N) is 1. The van der Waals surface area contributed by atoms with Gasteiger partial charge in [-0.15, -0.1) is 0 Å². The fourth-order valence-corrected chi connectivity index (χ4v) is 1.60. The highest BCUT2D eigenvalue weighted by Gasteiger charge is 2.15. The van der Waals surface area contributed by atoms with Crippen molar-refractivity contribution in [2.45, 2.75) is 6.92 Å². The molecule has 0 bridgehead atoms. The second kappa shape index (κ2) is 5.43. The van der Waals surface area contributed by atoms with Crippen molar-refractivity contribution in [2.75, 3.05) is 5.32 Å². The zero-order valence-corrected chi connectivity index (χ0v) is 10.5. The van der Waals surface area contributed by atoms with E-state index in [2.05, 4.69) is 10.3 Å². The molecule has 0 radical (unpaired) electrons. The van der Waals surface area contributed by atoms with Crippen LogP contribution in [0.15, 0.2) is 36.4 Å². The molecule has 1 aromatic heterocycles. The van der Waals surface area contributed by atoms with Crippen LogP contribution in [0, 0.1) is 22.9 Å². The summed E-state index contributed by atoms with van der Waals surface area (Å²) in [5.41, 5.74) is 0.342. The van der Waals surface area contributed by atoms with Crippen molar-refractivity contribution >= 4 is 17.3 Å². The lowest BCUT2D eigenvalue weighted by molar-refractivity contribution is -0.387. The first-order chi connectivity index (χ1) is 9.47. The number of pyridine rings is 1. The number of carbonyl (C=O) groups excluding carboxylic acids is 1. The summed E-state index contributed by atoms with van der Waals surface area (Å²) in [4.78, 5) is 25.5. The third-order valence-electron chi connectivity index (χ3n) is 2.52. The molecule has 2 rings (SSSR count). The number of hydrogen-bond acceptors (Lipinski definition) is 4. The number of hydrogen-bond donors (Lipinski definition) is 1. The highest BCUT2D eigenvalue weighted by Crippen LogP contribution is 2.21. The Morgan fingerprint density at radius 3 is 2.70 bits per heavy atom. The van der Waals surface area contributed by atoms with E-state index in [1.165, 1.54) is 12.1 Å². The van der Waals surface area contributed by atoms with Crippen LogP contribution >= 0.6 is 0 Å².